The number of unbranched alkanes of at least 4 members (excludes halogenated alkanes) is 25. The van der Waals surface area contributed by atoms with E-state index in [1.165, 1.54) is 89.9 Å². The summed E-state index contributed by atoms with van der Waals surface area (Å²) in [6, 6.07) is -0.860. The van der Waals surface area contributed by atoms with Crippen LogP contribution in [-0.4, -0.2) is 74.3 Å². The van der Waals surface area contributed by atoms with Gasteiger partial charge in [0.25, 0.3) is 0 Å². The van der Waals surface area contributed by atoms with Crippen LogP contribution in [0.3, 0.4) is 0 Å². The molecule has 0 heterocycles. The molecule has 0 aromatic carbocycles. The second kappa shape index (κ2) is 52.6. The van der Waals surface area contributed by atoms with Crippen molar-refractivity contribution >= 4 is 19.7 Å². The smallest absolute Gasteiger partial charge is 0.456 e. The van der Waals surface area contributed by atoms with Crippen molar-refractivity contribution in [2.45, 2.75) is 264 Å². The van der Waals surface area contributed by atoms with Crippen LogP contribution in [0.25, 0.3) is 0 Å². The second-order valence-electron chi connectivity index (χ2n) is 21.1. The monoisotopic (exact) mass is 1040 g/mol. The van der Waals surface area contributed by atoms with E-state index in [0.29, 0.717) is 17.4 Å². The van der Waals surface area contributed by atoms with Crippen molar-refractivity contribution in [1.82, 2.24) is 5.32 Å². The van der Waals surface area contributed by atoms with Crippen LogP contribution in [-0.2, 0) is 27.9 Å². The van der Waals surface area contributed by atoms with Gasteiger partial charge in [0.05, 0.1) is 33.8 Å². The molecule has 0 saturated heterocycles. The summed E-state index contributed by atoms with van der Waals surface area (Å²) in [6.45, 7) is 6.84. The predicted molar refractivity (Wildman–Crippen MR) is 314 cm³/mol. The SMILES string of the molecule is CC/C=C\C/C=C\C/C=C\C/C=C\C/C=C\CCCCCCCCCC(=O)OC(/C=C\CCCCCCCCCCCCC)C(COP(=O)(O)OCC[N+](C)(C)C)NC(=O)CCCCCCC/C=C\CCCC. The highest BCUT2D eigenvalue weighted by atomic mass is 31.2. The summed E-state index contributed by atoms with van der Waals surface area (Å²) >= 11 is 0. The molecular weight excluding hydrogens is 928 g/mol. The molecular formula is C63H114N2O7P+. The fourth-order valence-corrected chi connectivity index (χ4v) is 8.92. The molecule has 0 aromatic heterocycles. The van der Waals surface area contributed by atoms with Crippen molar-refractivity contribution in [2.75, 3.05) is 40.9 Å². The van der Waals surface area contributed by atoms with Crippen molar-refractivity contribution in [2.24, 2.45) is 0 Å². The molecule has 0 aliphatic rings. The number of likely N-dealkylation sites (N-methyl/N-ethyl adjacent to an activating group) is 1. The number of nitrogens with one attached hydrogen (secondary N) is 1. The first kappa shape index (κ1) is 70.2. The molecule has 3 atom stereocenters. The van der Waals surface area contributed by atoms with E-state index in [1.807, 2.05) is 33.3 Å². The lowest BCUT2D eigenvalue weighted by atomic mass is 10.0. The number of hydrogen-bond acceptors (Lipinski definition) is 6. The van der Waals surface area contributed by atoms with Crippen LogP contribution in [0, 0.1) is 0 Å². The highest BCUT2D eigenvalue weighted by Crippen LogP contribution is 2.43. The van der Waals surface area contributed by atoms with Gasteiger partial charge in [-0.1, -0.05) is 228 Å². The lowest BCUT2D eigenvalue weighted by molar-refractivity contribution is -0.870. The Balaban J connectivity index is 5.25. The third kappa shape index (κ3) is 53.8. The van der Waals surface area contributed by atoms with Crippen LogP contribution in [0.1, 0.15) is 252 Å². The van der Waals surface area contributed by atoms with Crippen LogP contribution in [0.2, 0.25) is 0 Å². The second-order valence-corrected chi connectivity index (χ2v) is 22.6. The van der Waals surface area contributed by atoms with E-state index < -0.39 is 20.0 Å². The number of nitrogens with zero attached hydrogens (tertiary/aromatic N) is 1. The maximum absolute atomic E-state index is 13.5. The Hall–Kier alpha value is -2.81. The maximum Gasteiger partial charge on any atom is 0.472 e. The molecule has 0 saturated carbocycles. The van der Waals surface area contributed by atoms with Crippen molar-refractivity contribution < 1.29 is 37.3 Å². The van der Waals surface area contributed by atoms with Gasteiger partial charge in [0.1, 0.15) is 19.3 Å². The molecule has 0 radical (unpaired) electrons. The molecule has 0 spiro atoms. The summed E-state index contributed by atoms with van der Waals surface area (Å²) < 4.78 is 30.6. The third-order valence-corrected chi connectivity index (χ3v) is 13.8. The van der Waals surface area contributed by atoms with Gasteiger partial charge in [0.15, 0.2) is 0 Å². The number of rotatable bonds is 53. The van der Waals surface area contributed by atoms with Gasteiger partial charge in [-0.15, -0.1) is 0 Å². The Morgan fingerprint density at radius 1 is 0.493 bits per heavy atom. The fraction of sp³-hybridized carbons (Fsp3) is 0.746. The molecule has 0 aliphatic heterocycles. The largest absolute Gasteiger partial charge is 0.472 e. The molecule has 0 fully saturated rings. The number of amides is 1. The number of ether oxygens (including phenoxy) is 1. The molecule has 0 aromatic rings. The molecule has 1 amide bonds. The number of phosphoric ester groups is 1. The molecule has 9 nitrogen and oxygen atoms in total. The van der Waals surface area contributed by atoms with E-state index in [9.17, 15) is 19.0 Å². The maximum atomic E-state index is 13.5. The van der Waals surface area contributed by atoms with Crippen molar-refractivity contribution in [1.29, 1.82) is 0 Å². The minimum absolute atomic E-state index is 0.0336. The van der Waals surface area contributed by atoms with Gasteiger partial charge >= 0.3 is 13.8 Å². The summed E-state index contributed by atoms with van der Waals surface area (Å²) in [5.41, 5.74) is 0. The standard InChI is InChI=1S/C63H113N2O7P/c1-7-10-13-16-19-22-25-27-28-29-30-31-32-33-34-35-36-38-41-44-47-50-53-56-63(67)72-61(54-51-48-45-42-40-37-26-23-20-17-14-11-8-2)60(59-71-73(68,69)70-58-57-65(4,5)6)64-62(66)55-52-49-46-43-39-24-21-18-15-12-9-3/h10,13,18-19,21-22,27-28,30-31,33-34,51,54,60-61H,7-9,11-12,14-17,20,23-26,29,32,35-50,52-53,55-59H2,1-6H3,(H-,64,66,68,69)/p+1/b13-10-,21-18-,22-19-,28-27-,31-30-,34-33-,54-51-. The zero-order valence-electron chi connectivity index (χ0n) is 48.1. The van der Waals surface area contributed by atoms with E-state index in [0.717, 1.165) is 128 Å². The number of allylic oxidation sites excluding steroid dienone is 13. The number of carbonyl (C=O) groups excluding carboxylic acids is 2. The van der Waals surface area contributed by atoms with E-state index in [2.05, 4.69) is 99.0 Å². The average Bonchev–Trinajstić information content (AvgIpc) is 3.35. The number of phosphoric acid groups is 1. The zero-order chi connectivity index (χ0) is 53.6. The first-order valence-corrected chi connectivity index (χ1v) is 31.4. The summed E-state index contributed by atoms with van der Waals surface area (Å²) in [7, 11) is 1.48. The first-order valence-electron chi connectivity index (χ1n) is 29.9. The van der Waals surface area contributed by atoms with Gasteiger partial charge < -0.3 is 19.4 Å². The Morgan fingerprint density at radius 3 is 1.37 bits per heavy atom. The summed E-state index contributed by atoms with van der Waals surface area (Å²) in [6.07, 6.45) is 68.6. The molecule has 3 unspecified atom stereocenters. The fourth-order valence-electron chi connectivity index (χ4n) is 8.18. The number of carbonyl (C=O) groups is 2. The lowest BCUT2D eigenvalue weighted by Gasteiger charge is -2.27. The molecule has 10 heteroatoms. The predicted octanol–water partition coefficient (Wildman–Crippen LogP) is 18.2. The molecule has 0 bridgehead atoms. The topological polar surface area (TPSA) is 111 Å². The van der Waals surface area contributed by atoms with Crippen LogP contribution >= 0.6 is 7.82 Å². The van der Waals surface area contributed by atoms with Crippen molar-refractivity contribution in [3.05, 3.63) is 85.1 Å². The minimum atomic E-state index is -4.45. The number of quaternary nitrogens is 1. The van der Waals surface area contributed by atoms with Crippen molar-refractivity contribution in [3.8, 4) is 0 Å². The van der Waals surface area contributed by atoms with Crippen LogP contribution in [0.5, 0.6) is 0 Å². The van der Waals surface area contributed by atoms with E-state index in [1.54, 1.807) is 0 Å². The minimum Gasteiger partial charge on any atom is -0.456 e. The molecule has 73 heavy (non-hydrogen) atoms. The first-order chi connectivity index (χ1) is 35.4. The van der Waals surface area contributed by atoms with E-state index >= 15 is 0 Å². The quantitative estimate of drug-likeness (QED) is 0.0205. The molecule has 0 rings (SSSR count). The van der Waals surface area contributed by atoms with Gasteiger partial charge in [-0.3, -0.25) is 18.6 Å². The number of hydrogen-bond donors (Lipinski definition) is 2. The van der Waals surface area contributed by atoms with Crippen LogP contribution < -0.4 is 5.32 Å². The zero-order valence-corrected chi connectivity index (χ0v) is 49.0. The lowest BCUT2D eigenvalue weighted by Crippen LogP contribution is -2.47. The summed E-state index contributed by atoms with van der Waals surface area (Å²) in [5.74, 6) is -0.531. The number of esters is 1. The van der Waals surface area contributed by atoms with Gasteiger partial charge in [-0.25, -0.2) is 4.57 Å². The molecule has 422 valence electrons. The molecule has 2 N–H and O–H groups in total. The highest BCUT2D eigenvalue weighted by Gasteiger charge is 2.30. The van der Waals surface area contributed by atoms with Crippen LogP contribution in [0.15, 0.2) is 85.1 Å². The summed E-state index contributed by atoms with van der Waals surface area (Å²) in [4.78, 5) is 37.6. The van der Waals surface area contributed by atoms with Gasteiger partial charge in [0.2, 0.25) is 5.91 Å². The van der Waals surface area contributed by atoms with Gasteiger partial charge in [-0.2, -0.15) is 0 Å². The van der Waals surface area contributed by atoms with E-state index in [-0.39, 0.29) is 31.5 Å². The Kier molecular flexibility index (Phi) is 50.6. The van der Waals surface area contributed by atoms with Gasteiger partial charge in [-0.05, 0) is 96.0 Å². The third-order valence-electron chi connectivity index (χ3n) is 12.8. The van der Waals surface area contributed by atoms with Crippen LogP contribution in [0.4, 0.5) is 0 Å². The Morgan fingerprint density at radius 2 is 0.890 bits per heavy atom. The van der Waals surface area contributed by atoms with Gasteiger partial charge in [0, 0.05) is 12.8 Å². The van der Waals surface area contributed by atoms with Crippen molar-refractivity contribution in [3.63, 3.8) is 0 Å². The Labute approximate surface area is 450 Å². The normalized spacial score (nSPS) is 14.3. The summed E-state index contributed by atoms with van der Waals surface area (Å²) in [5, 5.41) is 3.04. The average molecular weight is 1040 g/mol. The highest BCUT2D eigenvalue weighted by molar-refractivity contribution is 7.47. The van der Waals surface area contributed by atoms with E-state index in [4.69, 9.17) is 13.8 Å². The molecule has 0 aliphatic carbocycles. The Bertz CT molecular complexity index is 1530.